The van der Waals surface area contributed by atoms with E-state index in [4.69, 9.17) is 58.0 Å². The Kier molecular flexibility index (Phi) is 3.72. The maximum Gasteiger partial charge on any atom is 0.309 e. The predicted molar refractivity (Wildman–Crippen MR) is 58.1 cm³/mol. The summed E-state index contributed by atoms with van der Waals surface area (Å²) in [6.07, 6.45) is 0. The number of rotatable bonds is 1. The molecule has 0 atom stereocenters. The van der Waals surface area contributed by atoms with Crippen LogP contribution in [0.1, 0.15) is 0 Å². The van der Waals surface area contributed by atoms with Gasteiger partial charge in [0.05, 0.1) is 20.0 Å². The molecule has 0 spiro atoms. The van der Waals surface area contributed by atoms with E-state index in [1.807, 2.05) is 0 Å². The smallest absolute Gasteiger partial charge is 0.258 e. The molecule has 0 amide bonds. The van der Waals surface area contributed by atoms with E-state index in [-0.39, 0.29) is 25.1 Å². The van der Waals surface area contributed by atoms with Crippen LogP contribution in [0.3, 0.4) is 0 Å². The summed E-state index contributed by atoms with van der Waals surface area (Å²) in [5.41, 5.74) is -0.548. The van der Waals surface area contributed by atoms with E-state index in [2.05, 4.69) is 0 Å². The van der Waals surface area contributed by atoms with Crippen LogP contribution in [0.25, 0.3) is 0 Å². The van der Waals surface area contributed by atoms with Gasteiger partial charge in [-0.2, -0.15) is 0 Å². The van der Waals surface area contributed by atoms with Crippen LogP contribution in [-0.4, -0.2) is 4.92 Å². The predicted octanol–water partition coefficient (Wildman–Crippen LogP) is 4.86. The van der Waals surface area contributed by atoms with Crippen molar-refractivity contribution in [2.24, 2.45) is 0 Å². The summed E-state index contributed by atoms with van der Waals surface area (Å²) >= 11 is 27.9. The van der Waals surface area contributed by atoms with Gasteiger partial charge >= 0.3 is 5.69 Å². The van der Waals surface area contributed by atoms with Gasteiger partial charge in [0.1, 0.15) is 10.0 Å². The second kappa shape index (κ2) is 4.29. The van der Waals surface area contributed by atoms with Crippen LogP contribution in [0.5, 0.6) is 0 Å². The number of nitrogens with zero attached hydrogens (tertiary/aromatic N) is 1. The number of halogens is 5. The third-order valence-electron chi connectivity index (χ3n) is 1.37. The molecule has 0 aliphatic rings. The van der Waals surface area contributed by atoms with Crippen LogP contribution < -0.4 is 0 Å². The molecule has 14 heavy (non-hydrogen) atoms. The Balaban J connectivity index is 3.68. The minimum absolute atomic E-state index is 0.103. The molecular formula is C6Cl5NO2. The van der Waals surface area contributed by atoms with Gasteiger partial charge in [-0.25, -0.2) is 0 Å². The lowest BCUT2D eigenvalue weighted by atomic mass is 11.3. The van der Waals surface area contributed by atoms with Crippen molar-refractivity contribution in [1.82, 2.24) is 0 Å². The van der Waals surface area contributed by atoms with Crippen LogP contribution in [0.4, 0.5) is 5.69 Å². The summed E-state index contributed by atoms with van der Waals surface area (Å²) < 4.78 is 0. The van der Waals surface area contributed by atoms with Crippen molar-refractivity contribution in [2.45, 2.75) is 0 Å². The lowest BCUT2D eigenvalue weighted by molar-refractivity contribution is -0.384. The molecular weight excluding hydrogens is 301 g/mol. The van der Waals surface area contributed by atoms with E-state index < -0.39 is 10.6 Å². The molecule has 0 N–H and O–H groups in total. The molecule has 0 unspecified atom stereocenters. The lowest BCUT2D eigenvalue weighted by Gasteiger charge is -2.05. The first-order chi connectivity index (χ1) is 6.37. The zero-order valence-corrected chi connectivity index (χ0v) is 9.93. The maximum absolute atomic E-state index is 10.5. The average molecular weight is 301 g/mol. The van der Waals surface area contributed by atoms with Crippen LogP contribution in [0.2, 0.25) is 25.1 Å². The first-order valence-corrected chi connectivity index (χ1v) is 4.92. The van der Waals surface area contributed by atoms with Gasteiger partial charge in [-0.05, 0) is 0 Å². The third-order valence-corrected chi connectivity index (χ3v) is 3.63. The standard InChI is InChI=1S/C6Cl5NO2/c7-1-2(8)4(10)6(12(13)14)5(11)3(1)9/i1+1,2+1,3+1,4+1,5+1,6+1. The minimum Gasteiger partial charge on any atom is -0.258 e. The number of hydrogen-bond donors (Lipinski definition) is 0. The largest absolute Gasteiger partial charge is 0.309 e. The van der Waals surface area contributed by atoms with Crippen molar-refractivity contribution in [1.29, 1.82) is 0 Å². The summed E-state index contributed by atoms with van der Waals surface area (Å²) in [5, 5.41) is 9.41. The van der Waals surface area contributed by atoms with Crippen molar-refractivity contribution in [3.05, 3.63) is 35.2 Å². The Morgan fingerprint density at radius 1 is 0.786 bits per heavy atom. The van der Waals surface area contributed by atoms with Crippen molar-refractivity contribution in [2.75, 3.05) is 0 Å². The monoisotopic (exact) mass is 299 g/mol. The number of hydrogen-bond acceptors (Lipinski definition) is 2. The molecule has 0 aromatic heterocycles. The summed E-state index contributed by atoms with van der Waals surface area (Å²) in [7, 11) is 0. The highest BCUT2D eigenvalue weighted by Crippen LogP contribution is 2.47. The molecule has 3 nitrogen and oxygen atoms in total. The summed E-state index contributed by atoms with van der Waals surface area (Å²) in [6.45, 7) is 0. The second-order valence-electron chi connectivity index (χ2n) is 2.18. The molecule has 0 fully saturated rings. The van der Waals surface area contributed by atoms with Crippen molar-refractivity contribution in [3.63, 3.8) is 0 Å². The molecule has 0 aliphatic heterocycles. The van der Waals surface area contributed by atoms with Crippen molar-refractivity contribution >= 4 is 63.7 Å². The Hall–Kier alpha value is 0.0700. The zero-order chi connectivity index (χ0) is 11.0. The van der Waals surface area contributed by atoms with Gasteiger partial charge in [-0.3, -0.25) is 10.1 Å². The number of nitro groups is 1. The zero-order valence-electron chi connectivity index (χ0n) is 6.15. The molecule has 8 heteroatoms. The van der Waals surface area contributed by atoms with Gasteiger partial charge < -0.3 is 0 Å². The highest BCUT2D eigenvalue weighted by atomic mass is 35.5. The molecule has 0 radical (unpaired) electrons. The SMILES string of the molecule is O=[N+]([O-])[13c]1[13c](Cl)[13c](Cl)[13c](Cl)[13c](Cl)[13c]1Cl. The van der Waals surface area contributed by atoms with E-state index in [9.17, 15) is 10.1 Å². The molecule has 1 rings (SSSR count). The van der Waals surface area contributed by atoms with Crippen LogP contribution in [-0.2, 0) is 0 Å². The van der Waals surface area contributed by atoms with E-state index in [0.717, 1.165) is 0 Å². The quantitative estimate of drug-likeness (QED) is 0.322. The summed E-state index contributed by atoms with van der Waals surface area (Å²) in [5.74, 6) is 0. The molecule has 76 valence electrons. The Morgan fingerprint density at radius 2 is 1.07 bits per heavy atom. The summed E-state index contributed by atoms with van der Waals surface area (Å²) in [6, 6.07) is 0. The maximum atomic E-state index is 10.5. The fraction of sp³-hybridized carbons (Fsp3) is 0. The van der Waals surface area contributed by atoms with Crippen LogP contribution in [0, 0.1) is 10.1 Å². The Morgan fingerprint density at radius 3 is 1.36 bits per heavy atom. The topological polar surface area (TPSA) is 43.1 Å². The lowest BCUT2D eigenvalue weighted by Crippen LogP contribution is -1.92. The van der Waals surface area contributed by atoms with Gasteiger partial charge in [-0.15, -0.1) is 0 Å². The van der Waals surface area contributed by atoms with Crippen molar-refractivity contribution < 1.29 is 4.92 Å². The summed E-state index contributed by atoms with van der Waals surface area (Å²) in [4.78, 5) is 9.76. The highest BCUT2D eigenvalue weighted by Gasteiger charge is 2.27. The highest BCUT2D eigenvalue weighted by molar-refractivity contribution is 6.56. The minimum atomic E-state index is -0.779. The fourth-order valence-corrected chi connectivity index (χ4v) is 2.02. The fourth-order valence-electron chi connectivity index (χ4n) is 0.754. The van der Waals surface area contributed by atoms with E-state index >= 15 is 0 Å². The van der Waals surface area contributed by atoms with Crippen LogP contribution in [0.15, 0.2) is 0 Å². The Labute approximate surface area is 104 Å². The molecule has 0 aliphatic carbocycles. The first kappa shape index (κ1) is 12.1. The van der Waals surface area contributed by atoms with Gasteiger partial charge in [0.25, 0.3) is 0 Å². The molecule has 0 saturated carbocycles. The average Bonchev–Trinajstić information content (AvgIpc) is 2.11. The van der Waals surface area contributed by atoms with Gasteiger partial charge in [0, 0.05) is 0 Å². The molecule has 0 saturated heterocycles. The van der Waals surface area contributed by atoms with Gasteiger partial charge in [-0.1, -0.05) is 58.0 Å². The third kappa shape index (κ3) is 1.88. The van der Waals surface area contributed by atoms with Crippen LogP contribution >= 0.6 is 58.0 Å². The number of nitro benzene ring substituents is 1. The molecule has 0 heterocycles. The second-order valence-corrected chi connectivity index (χ2v) is 4.07. The molecule has 1 aromatic carbocycles. The van der Waals surface area contributed by atoms with E-state index in [1.165, 1.54) is 0 Å². The molecule has 1 aromatic rings. The van der Waals surface area contributed by atoms with Gasteiger partial charge in [0.15, 0.2) is 0 Å². The Bertz CT molecular complexity index is 390. The number of benzene rings is 1. The van der Waals surface area contributed by atoms with E-state index in [1.54, 1.807) is 0 Å². The van der Waals surface area contributed by atoms with Gasteiger partial charge in [0.2, 0.25) is 0 Å². The first-order valence-electron chi connectivity index (χ1n) is 3.03. The normalized spacial score (nSPS) is 10.4. The molecule has 0 bridgehead atoms. The van der Waals surface area contributed by atoms with E-state index in [0.29, 0.717) is 0 Å². The van der Waals surface area contributed by atoms with Crippen molar-refractivity contribution in [3.8, 4) is 0 Å².